The van der Waals surface area contributed by atoms with Crippen LogP contribution >= 0.6 is 0 Å². The normalized spacial score (nSPS) is 9.95. The summed E-state index contributed by atoms with van der Waals surface area (Å²) >= 11 is 0. The summed E-state index contributed by atoms with van der Waals surface area (Å²) in [6, 6.07) is 15.1. The lowest BCUT2D eigenvalue weighted by molar-refractivity contribution is -0.384. The summed E-state index contributed by atoms with van der Waals surface area (Å²) in [5.41, 5.74) is 1.35. The van der Waals surface area contributed by atoms with E-state index in [1.807, 2.05) is 30.3 Å². The first-order valence-corrected chi connectivity index (χ1v) is 6.37. The van der Waals surface area contributed by atoms with Gasteiger partial charge in [0.2, 0.25) is 0 Å². The first-order chi connectivity index (χ1) is 10.1. The molecule has 0 aromatic heterocycles. The van der Waals surface area contributed by atoms with Gasteiger partial charge in [-0.05, 0) is 11.6 Å². The molecule has 0 saturated heterocycles. The second kappa shape index (κ2) is 6.51. The molecule has 0 radical (unpaired) electrons. The van der Waals surface area contributed by atoms with Gasteiger partial charge in [0, 0.05) is 31.4 Å². The number of nitrogens with one attached hydrogen (secondary N) is 1. The predicted octanol–water partition coefficient (Wildman–Crippen LogP) is 3.26. The van der Waals surface area contributed by atoms with E-state index in [1.165, 1.54) is 23.1 Å². The molecule has 2 rings (SSSR count). The molecule has 6 nitrogen and oxygen atoms in total. The summed E-state index contributed by atoms with van der Waals surface area (Å²) in [5, 5.41) is 13.3. The molecule has 0 saturated carbocycles. The van der Waals surface area contributed by atoms with Gasteiger partial charge in [0.1, 0.15) is 0 Å². The molecule has 21 heavy (non-hydrogen) atoms. The molecule has 108 valence electrons. The molecule has 0 bridgehead atoms. The van der Waals surface area contributed by atoms with E-state index in [-0.39, 0.29) is 11.7 Å². The molecular weight excluding hydrogens is 270 g/mol. The summed E-state index contributed by atoms with van der Waals surface area (Å²) in [6.45, 7) is 0.460. The highest BCUT2D eigenvalue weighted by Gasteiger charge is 2.11. The van der Waals surface area contributed by atoms with Gasteiger partial charge in [0.15, 0.2) is 0 Å². The fourth-order valence-corrected chi connectivity index (χ4v) is 1.85. The maximum atomic E-state index is 12.0. The van der Waals surface area contributed by atoms with Crippen LogP contribution in [0.4, 0.5) is 16.2 Å². The van der Waals surface area contributed by atoms with E-state index in [0.29, 0.717) is 12.2 Å². The molecule has 0 atom stereocenters. The van der Waals surface area contributed by atoms with E-state index in [9.17, 15) is 14.9 Å². The van der Waals surface area contributed by atoms with E-state index in [2.05, 4.69) is 5.32 Å². The Labute approximate surface area is 122 Å². The molecule has 2 aromatic carbocycles. The summed E-state index contributed by atoms with van der Waals surface area (Å²) in [5.74, 6) is 0. The lowest BCUT2D eigenvalue weighted by atomic mass is 10.2. The van der Waals surface area contributed by atoms with Crippen LogP contribution in [0.25, 0.3) is 0 Å². The number of urea groups is 1. The Hall–Kier alpha value is -2.89. The van der Waals surface area contributed by atoms with Gasteiger partial charge in [-0.15, -0.1) is 0 Å². The average molecular weight is 285 g/mol. The molecule has 1 N–H and O–H groups in total. The minimum absolute atomic E-state index is 0.0569. The van der Waals surface area contributed by atoms with Gasteiger partial charge in [-0.2, -0.15) is 0 Å². The number of amides is 2. The topological polar surface area (TPSA) is 75.5 Å². The van der Waals surface area contributed by atoms with Gasteiger partial charge in [-0.25, -0.2) is 4.79 Å². The van der Waals surface area contributed by atoms with Gasteiger partial charge in [-0.3, -0.25) is 10.1 Å². The largest absolute Gasteiger partial charge is 0.323 e. The maximum absolute atomic E-state index is 12.0. The number of hydrogen-bond donors (Lipinski definition) is 1. The van der Waals surface area contributed by atoms with Gasteiger partial charge in [0.05, 0.1) is 4.92 Å². The second-order valence-electron chi connectivity index (χ2n) is 4.58. The summed E-state index contributed by atoms with van der Waals surface area (Å²) in [6.07, 6.45) is 0. The van der Waals surface area contributed by atoms with Crippen molar-refractivity contribution in [3.8, 4) is 0 Å². The number of hydrogen-bond acceptors (Lipinski definition) is 3. The number of nitrogens with zero attached hydrogens (tertiary/aromatic N) is 2. The van der Waals surface area contributed by atoms with Gasteiger partial charge in [0.25, 0.3) is 5.69 Å². The molecule has 2 amide bonds. The van der Waals surface area contributed by atoms with E-state index >= 15 is 0 Å². The number of non-ortho nitro benzene ring substituents is 1. The van der Waals surface area contributed by atoms with Crippen LogP contribution in [-0.4, -0.2) is 22.9 Å². The highest BCUT2D eigenvalue weighted by molar-refractivity contribution is 5.89. The molecular formula is C15H15N3O3. The Bertz CT molecular complexity index is 644. The van der Waals surface area contributed by atoms with Crippen molar-refractivity contribution in [3.05, 3.63) is 70.3 Å². The molecule has 0 spiro atoms. The Morgan fingerprint density at radius 3 is 2.57 bits per heavy atom. The van der Waals surface area contributed by atoms with Crippen LogP contribution in [0.2, 0.25) is 0 Å². The van der Waals surface area contributed by atoms with Gasteiger partial charge in [-0.1, -0.05) is 36.4 Å². The minimum Gasteiger partial charge on any atom is -0.323 e. The predicted molar refractivity (Wildman–Crippen MR) is 80.0 cm³/mol. The third-order valence-electron chi connectivity index (χ3n) is 2.92. The number of carbonyl (C=O) groups excluding carboxylic acids is 1. The number of carbonyl (C=O) groups is 1. The summed E-state index contributed by atoms with van der Waals surface area (Å²) < 4.78 is 0. The second-order valence-corrected chi connectivity index (χ2v) is 4.58. The van der Waals surface area contributed by atoms with Crippen LogP contribution in [0.15, 0.2) is 54.6 Å². The van der Waals surface area contributed by atoms with Crippen LogP contribution in [0.3, 0.4) is 0 Å². The monoisotopic (exact) mass is 285 g/mol. The first-order valence-electron chi connectivity index (χ1n) is 6.37. The number of anilines is 1. The average Bonchev–Trinajstić information content (AvgIpc) is 2.48. The zero-order valence-corrected chi connectivity index (χ0v) is 11.5. The fourth-order valence-electron chi connectivity index (χ4n) is 1.85. The van der Waals surface area contributed by atoms with Crippen LogP contribution < -0.4 is 5.32 Å². The SMILES string of the molecule is CN(Cc1ccccc1)C(=O)Nc1cccc([N+](=O)[O-])c1. The maximum Gasteiger partial charge on any atom is 0.321 e. The third-order valence-corrected chi connectivity index (χ3v) is 2.92. The van der Waals surface area contributed by atoms with Crippen molar-refractivity contribution in [3.63, 3.8) is 0 Å². The van der Waals surface area contributed by atoms with Crippen molar-refractivity contribution in [1.82, 2.24) is 4.90 Å². The molecule has 2 aromatic rings. The Morgan fingerprint density at radius 2 is 1.90 bits per heavy atom. The number of nitro benzene ring substituents is 1. The molecule has 0 aliphatic carbocycles. The first kappa shape index (κ1) is 14.5. The molecule has 0 unspecified atom stereocenters. The lowest BCUT2D eigenvalue weighted by Gasteiger charge is -2.18. The van der Waals surface area contributed by atoms with Crippen molar-refractivity contribution in [2.24, 2.45) is 0 Å². The molecule has 0 aliphatic rings. The van der Waals surface area contributed by atoms with Crippen LogP contribution in [-0.2, 0) is 6.54 Å². The van der Waals surface area contributed by atoms with E-state index < -0.39 is 4.92 Å². The van der Waals surface area contributed by atoms with Crippen molar-refractivity contribution < 1.29 is 9.72 Å². The minimum atomic E-state index is -0.497. The lowest BCUT2D eigenvalue weighted by Crippen LogP contribution is -2.30. The van der Waals surface area contributed by atoms with E-state index in [4.69, 9.17) is 0 Å². The zero-order valence-electron chi connectivity index (χ0n) is 11.5. The summed E-state index contributed by atoms with van der Waals surface area (Å²) in [7, 11) is 1.67. The highest BCUT2D eigenvalue weighted by Crippen LogP contribution is 2.17. The zero-order chi connectivity index (χ0) is 15.2. The Morgan fingerprint density at radius 1 is 1.19 bits per heavy atom. The number of rotatable bonds is 4. The summed E-state index contributed by atoms with van der Waals surface area (Å²) in [4.78, 5) is 23.8. The van der Waals surface area contributed by atoms with Crippen molar-refractivity contribution in [1.29, 1.82) is 0 Å². The van der Waals surface area contributed by atoms with Crippen LogP contribution in [0.1, 0.15) is 5.56 Å². The van der Waals surface area contributed by atoms with Crippen molar-refractivity contribution in [2.75, 3.05) is 12.4 Å². The third kappa shape index (κ3) is 4.04. The van der Waals surface area contributed by atoms with Crippen LogP contribution in [0, 0.1) is 10.1 Å². The molecule has 0 fully saturated rings. The Balaban J connectivity index is 2.00. The fraction of sp³-hybridized carbons (Fsp3) is 0.133. The van der Waals surface area contributed by atoms with Crippen molar-refractivity contribution >= 4 is 17.4 Å². The molecule has 0 heterocycles. The van der Waals surface area contributed by atoms with Crippen LogP contribution in [0.5, 0.6) is 0 Å². The van der Waals surface area contributed by atoms with E-state index in [1.54, 1.807) is 13.1 Å². The smallest absolute Gasteiger partial charge is 0.321 e. The number of nitro groups is 1. The Kier molecular flexibility index (Phi) is 4.50. The highest BCUT2D eigenvalue weighted by atomic mass is 16.6. The number of benzene rings is 2. The quantitative estimate of drug-likeness (QED) is 0.692. The standard InChI is InChI=1S/C15H15N3O3/c1-17(11-12-6-3-2-4-7-12)15(19)16-13-8-5-9-14(10-13)18(20)21/h2-10H,11H2,1H3,(H,16,19). The molecule has 0 aliphatic heterocycles. The van der Waals surface area contributed by atoms with E-state index in [0.717, 1.165) is 5.56 Å². The molecule has 6 heteroatoms. The van der Waals surface area contributed by atoms with Gasteiger partial charge < -0.3 is 10.2 Å². The van der Waals surface area contributed by atoms with Crippen molar-refractivity contribution in [2.45, 2.75) is 6.54 Å². The van der Waals surface area contributed by atoms with Gasteiger partial charge >= 0.3 is 6.03 Å².